The Morgan fingerprint density at radius 2 is 2.33 bits per heavy atom. The van der Waals surface area contributed by atoms with Crippen molar-refractivity contribution in [3.05, 3.63) is 35.0 Å². The standard InChI is InChI=1S/C14H23NO2S/c1-4-7-15(10-14-6-5-8-18-14)9-13(16)11-17-12(2)3/h4-6,8,12-13,16H,1,7,9-11H2,2-3H3. The predicted octanol–water partition coefficient (Wildman–Crippen LogP) is 2.52. The molecule has 1 aromatic rings. The molecule has 0 aliphatic carbocycles. The Morgan fingerprint density at radius 1 is 1.56 bits per heavy atom. The van der Waals surface area contributed by atoms with Crippen LogP contribution in [0.1, 0.15) is 18.7 Å². The van der Waals surface area contributed by atoms with Crippen molar-refractivity contribution in [2.24, 2.45) is 0 Å². The monoisotopic (exact) mass is 269 g/mol. The Morgan fingerprint density at radius 3 is 2.89 bits per heavy atom. The van der Waals surface area contributed by atoms with Crippen LogP contribution in [0, 0.1) is 0 Å². The smallest absolute Gasteiger partial charge is 0.0900 e. The van der Waals surface area contributed by atoms with E-state index in [2.05, 4.69) is 22.9 Å². The summed E-state index contributed by atoms with van der Waals surface area (Å²) >= 11 is 1.73. The zero-order valence-corrected chi connectivity index (χ0v) is 12.0. The molecule has 0 spiro atoms. The molecular weight excluding hydrogens is 246 g/mol. The van der Waals surface area contributed by atoms with Crippen LogP contribution in [0.4, 0.5) is 0 Å². The van der Waals surface area contributed by atoms with Crippen molar-refractivity contribution in [2.45, 2.75) is 32.6 Å². The first kappa shape index (κ1) is 15.4. The van der Waals surface area contributed by atoms with Crippen LogP contribution < -0.4 is 0 Å². The van der Waals surface area contributed by atoms with E-state index in [-0.39, 0.29) is 6.10 Å². The Labute approximate surface area is 114 Å². The number of aliphatic hydroxyl groups is 1. The van der Waals surface area contributed by atoms with Crippen molar-refractivity contribution in [1.29, 1.82) is 0 Å². The van der Waals surface area contributed by atoms with E-state index in [0.29, 0.717) is 13.2 Å². The molecule has 1 atom stereocenters. The molecule has 1 rings (SSSR count). The maximum atomic E-state index is 9.93. The van der Waals surface area contributed by atoms with E-state index < -0.39 is 6.10 Å². The Bertz CT molecular complexity index is 325. The molecule has 0 saturated heterocycles. The molecule has 3 nitrogen and oxygen atoms in total. The van der Waals surface area contributed by atoms with Crippen LogP contribution in [-0.2, 0) is 11.3 Å². The fraction of sp³-hybridized carbons (Fsp3) is 0.571. The lowest BCUT2D eigenvalue weighted by Crippen LogP contribution is -2.35. The first-order chi connectivity index (χ1) is 8.61. The van der Waals surface area contributed by atoms with E-state index in [1.54, 1.807) is 11.3 Å². The van der Waals surface area contributed by atoms with Gasteiger partial charge in [-0.15, -0.1) is 17.9 Å². The van der Waals surface area contributed by atoms with Gasteiger partial charge in [0.2, 0.25) is 0 Å². The van der Waals surface area contributed by atoms with Gasteiger partial charge in [0, 0.05) is 24.5 Å². The van der Waals surface area contributed by atoms with Crippen molar-refractivity contribution in [1.82, 2.24) is 4.90 Å². The molecule has 1 unspecified atom stereocenters. The molecular formula is C14H23NO2S. The van der Waals surface area contributed by atoms with E-state index >= 15 is 0 Å². The summed E-state index contributed by atoms with van der Waals surface area (Å²) in [4.78, 5) is 3.47. The number of ether oxygens (including phenoxy) is 1. The molecule has 0 saturated carbocycles. The van der Waals surface area contributed by atoms with Crippen molar-refractivity contribution in [2.75, 3.05) is 19.7 Å². The molecule has 0 fully saturated rings. The average Bonchev–Trinajstić information content (AvgIpc) is 2.79. The zero-order valence-electron chi connectivity index (χ0n) is 11.2. The molecule has 18 heavy (non-hydrogen) atoms. The van der Waals surface area contributed by atoms with Crippen molar-refractivity contribution in [3.8, 4) is 0 Å². The molecule has 0 amide bonds. The van der Waals surface area contributed by atoms with Crippen LogP contribution in [0.25, 0.3) is 0 Å². The van der Waals surface area contributed by atoms with Gasteiger partial charge in [0.1, 0.15) is 0 Å². The third-order valence-electron chi connectivity index (χ3n) is 2.44. The maximum Gasteiger partial charge on any atom is 0.0900 e. The summed E-state index contributed by atoms with van der Waals surface area (Å²) in [6.07, 6.45) is 1.57. The van der Waals surface area contributed by atoms with Crippen molar-refractivity contribution in [3.63, 3.8) is 0 Å². The summed E-state index contributed by atoms with van der Waals surface area (Å²) in [6, 6.07) is 4.15. The van der Waals surface area contributed by atoms with Crippen LogP contribution >= 0.6 is 11.3 Å². The molecule has 1 heterocycles. The molecule has 0 radical (unpaired) electrons. The Hall–Kier alpha value is -0.680. The molecule has 4 heteroatoms. The van der Waals surface area contributed by atoms with E-state index in [0.717, 1.165) is 13.1 Å². The second-order valence-corrected chi connectivity index (χ2v) is 5.63. The van der Waals surface area contributed by atoms with Gasteiger partial charge in [-0.1, -0.05) is 12.1 Å². The highest BCUT2D eigenvalue weighted by Gasteiger charge is 2.12. The number of rotatable bonds is 9. The highest BCUT2D eigenvalue weighted by molar-refractivity contribution is 7.09. The molecule has 0 bridgehead atoms. The first-order valence-corrected chi connectivity index (χ1v) is 7.15. The second-order valence-electron chi connectivity index (χ2n) is 4.60. The summed E-state index contributed by atoms with van der Waals surface area (Å²) in [5.74, 6) is 0. The normalized spacial score (nSPS) is 13.2. The van der Waals surface area contributed by atoms with Crippen LogP contribution in [0.2, 0.25) is 0 Å². The number of nitrogens with zero attached hydrogens (tertiary/aromatic N) is 1. The van der Waals surface area contributed by atoms with Gasteiger partial charge in [0.15, 0.2) is 0 Å². The van der Waals surface area contributed by atoms with E-state index in [4.69, 9.17) is 4.74 Å². The number of aliphatic hydroxyl groups excluding tert-OH is 1. The van der Waals surface area contributed by atoms with Crippen molar-refractivity contribution >= 4 is 11.3 Å². The predicted molar refractivity (Wildman–Crippen MR) is 76.9 cm³/mol. The second kappa shape index (κ2) is 8.43. The van der Waals surface area contributed by atoms with Crippen LogP contribution in [0.5, 0.6) is 0 Å². The maximum absolute atomic E-state index is 9.93. The van der Waals surface area contributed by atoms with Crippen LogP contribution in [-0.4, -0.2) is 41.9 Å². The molecule has 1 aromatic heterocycles. The Balaban J connectivity index is 2.39. The lowest BCUT2D eigenvalue weighted by atomic mass is 10.3. The van der Waals surface area contributed by atoms with Gasteiger partial charge in [0.05, 0.1) is 18.8 Å². The van der Waals surface area contributed by atoms with Crippen LogP contribution in [0.3, 0.4) is 0 Å². The lowest BCUT2D eigenvalue weighted by Gasteiger charge is -2.23. The quantitative estimate of drug-likeness (QED) is 0.699. The average molecular weight is 269 g/mol. The third kappa shape index (κ3) is 6.31. The number of hydrogen-bond donors (Lipinski definition) is 1. The van der Waals surface area contributed by atoms with Gasteiger partial charge < -0.3 is 9.84 Å². The molecule has 0 aliphatic heterocycles. The minimum Gasteiger partial charge on any atom is -0.389 e. The van der Waals surface area contributed by atoms with Crippen molar-refractivity contribution < 1.29 is 9.84 Å². The highest BCUT2D eigenvalue weighted by atomic mass is 32.1. The summed E-state index contributed by atoms with van der Waals surface area (Å²) < 4.78 is 5.42. The molecule has 0 aromatic carbocycles. The molecule has 0 aliphatic rings. The van der Waals surface area contributed by atoms with Gasteiger partial charge in [-0.2, -0.15) is 0 Å². The number of hydrogen-bond acceptors (Lipinski definition) is 4. The van der Waals surface area contributed by atoms with Gasteiger partial charge >= 0.3 is 0 Å². The Kier molecular flexibility index (Phi) is 7.20. The minimum absolute atomic E-state index is 0.157. The van der Waals surface area contributed by atoms with E-state index in [1.807, 2.05) is 26.0 Å². The van der Waals surface area contributed by atoms with E-state index in [9.17, 15) is 5.11 Å². The fourth-order valence-electron chi connectivity index (χ4n) is 1.66. The lowest BCUT2D eigenvalue weighted by molar-refractivity contribution is -0.00798. The van der Waals surface area contributed by atoms with Gasteiger partial charge in [-0.05, 0) is 25.3 Å². The third-order valence-corrected chi connectivity index (χ3v) is 3.30. The number of thiophene rings is 1. The summed E-state index contributed by atoms with van der Waals surface area (Å²) in [5.41, 5.74) is 0. The minimum atomic E-state index is -0.452. The zero-order chi connectivity index (χ0) is 13.4. The van der Waals surface area contributed by atoms with E-state index in [1.165, 1.54) is 4.88 Å². The SMILES string of the molecule is C=CCN(Cc1cccs1)CC(O)COC(C)C. The fourth-order valence-corrected chi connectivity index (χ4v) is 2.41. The van der Waals surface area contributed by atoms with Gasteiger partial charge in [-0.25, -0.2) is 0 Å². The molecule has 1 N–H and O–H groups in total. The highest BCUT2D eigenvalue weighted by Crippen LogP contribution is 2.12. The van der Waals surface area contributed by atoms with Gasteiger partial charge in [-0.3, -0.25) is 4.90 Å². The van der Waals surface area contributed by atoms with Crippen LogP contribution in [0.15, 0.2) is 30.2 Å². The largest absolute Gasteiger partial charge is 0.389 e. The topological polar surface area (TPSA) is 32.7 Å². The first-order valence-electron chi connectivity index (χ1n) is 6.27. The summed E-state index contributed by atoms with van der Waals surface area (Å²) in [7, 11) is 0. The summed E-state index contributed by atoms with van der Waals surface area (Å²) in [5, 5.41) is 12.0. The summed E-state index contributed by atoms with van der Waals surface area (Å²) in [6.45, 7) is 10.3. The molecule has 102 valence electrons. The van der Waals surface area contributed by atoms with Gasteiger partial charge in [0.25, 0.3) is 0 Å².